The van der Waals surface area contributed by atoms with Gasteiger partial charge < -0.3 is 9.64 Å². The van der Waals surface area contributed by atoms with Crippen LogP contribution in [0.25, 0.3) is 11.3 Å². The van der Waals surface area contributed by atoms with Crippen LogP contribution in [0.5, 0.6) is 5.75 Å². The average Bonchev–Trinajstić information content (AvgIpc) is 3.33. The van der Waals surface area contributed by atoms with Crippen molar-refractivity contribution >= 4 is 28.3 Å². The first-order valence-corrected chi connectivity index (χ1v) is 13.4. The van der Waals surface area contributed by atoms with Gasteiger partial charge in [-0.15, -0.1) is 11.3 Å². The number of carbonyl (C=O) groups excluding carboxylic acids is 2. The first-order valence-electron chi connectivity index (χ1n) is 12.5. The van der Waals surface area contributed by atoms with Gasteiger partial charge in [0.05, 0.1) is 19.3 Å². The molecule has 0 spiro atoms. The minimum absolute atomic E-state index is 0.133. The van der Waals surface area contributed by atoms with Crippen molar-refractivity contribution < 1.29 is 14.3 Å². The van der Waals surface area contributed by atoms with Gasteiger partial charge in [-0.1, -0.05) is 38.7 Å². The van der Waals surface area contributed by atoms with Crippen LogP contribution in [0.1, 0.15) is 51.0 Å². The van der Waals surface area contributed by atoms with Crippen molar-refractivity contribution in [1.29, 1.82) is 0 Å². The zero-order valence-electron chi connectivity index (χ0n) is 20.3. The topological polar surface area (TPSA) is 74.8 Å². The highest BCUT2D eigenvalue weighted by Gasteiger charge is 2.26. The summed E-state index contributed by atoms with van der Waals surface area (Å²) in [6.07, 6.45) is 7.79. The van der Waals surface area contributed by atoms with Crippen LogP contribution < -0.4 is 10.1 Å². The van der Waals surface area contributed by atoms with Crippen molar-refractivity contribution in [3.63, 3.8) is 0 Å². The third-order valence-corrected chi connectivity index (χ3v) is 7.65. The van der Waals surface area contributed by atoms with E-state index in [0.717, 1.165) is 55.8 Å². The Hall–Kier alpha value is -2.45. The van der Waals surface area contributed by atoms with Crippen LogP contribution in [0.4, 0.5) is 9.93 Å². The van der Waals surface area contributed by atoms with Crippen molar-refractivity contribution in [3.8, 4) is 17.0 Å². The van der Waals surface area contributed by atoms with Crippen molar-refractivity contribution in [3.05, 3.63) is 29.1 Å². The number of nitrogens with zero attached hydrogens (tertiary/aromatic N) is 3. The number of Topliss-reactive ketones (excluding diaryl/α,β-unsaturated/α-hetero) is 1. The number of ether oxygens (including phenoxy) is 1. The normalized spacial score (nSPS) is 17.5. The van der Waals surface area contributed by atoms with Gasteiger partial charge in [0.1, 0.15) is 11.5 Å². The van der Waals surface area contributed by atoms with E-state index >= 15 is 0 Å². The fourth-order valence-electron chi connectivity index (χ4n) is 4.91. The Morgan fingerprint density at radius 2 is 1.91 bits per heavy atom. The predicted molar refractivity (Wildman–Crippen MR) is 137 cm³/mol. The summed E-state index contributed by atoms with van der Waals surface area (Å²) in [5.74, 6) is 1.41. The molecule has 1 saturated carbocycles. The number of hydrogen-bond donors (Lipinski definition) is 1. The Morgan fingerprint density at radius 1 is 1.15 bits per heavy atom. The van der Waals surface area contributed by atoms with E-state index in [4.69, 9.17) is 4.74 Å². The van der Waals surface area contributed by atoms with E-state index in [1.807, 2.05) is 16.3 Å². The fraction of sp³-hybridized carbons (Fsp3) is 0.577. The number of piperazine rings is 1. The number of amides is 2. The Kier molecular flexibility index (Phi) is 8.56. The van der Waals surface area contributed by atoms with Gasteiger partial charge in [0.15, 0.2) is 5.13 Å². The van der Waals surface area contributed by atoms with Crippen molar-refractivity contribution in [2.75, 3.05) is 45.2 Å². The molecule has 1 aromatic carbocycles. The molecule has 2 aliphatic rings. The lowest BCUT2D eigenvalue weighted by molar-refractivity contribution is -0.125. The van der Waals surface area contributed by atoms with Crippen LogP contribution in [0.3, 0.4) is 0 Å². The molecule has 2 heterocycles. The van der Waals surface area contributed by atoms with Gasteiger partial charge in [-0.2, -0.15) is 0 Å². The Labute approximate surface area is 206 Å². The molecule has 1 aliphatic carbocycles. The molecule has 1 saturated heterocycles. The van der Waals surface area contributed by atoms with E-state index in [2.05, 4.69) is 34.3 Å². The number of urea groups is 1. The third-order valence-electron chi connectivity index (χ3n) is 6.90. The summed E-state index contributed by atoms with van der Waals surface area (Å²) >= 11 is 1.42. The molecule has 0 atom stereocenters. The number of methoxy groups -OCH3 is 1. The standard InChI is InChI=1S/C26H36N4O3S/c1-3-7-19-10-11-24(33-2)21(16-19)22-18-34-25(27-22)28-26(32)30-14-12-29(13-15-30)17-23(31)20-8-5-4-6-9-20/h10-11,16,18,20H,3-9,12-15,17H2,1-2H3,(H,27,28,32). The van der Waals surface area contributed by atoms with E-state index in [1.54, 1.807) is 7.11 Å². The molecule has 7 nitrogen and oxygen atoms in total. The molecule has 1 aliphatic heterocycles. The van der Waals surface area contributed by atoms with E-state index in [9.17, 15) is 9.59 Å². The lowest BCUT2D eigenvalue weighted by Crippen LogP contribution is -2.51. The molecule has 2 aromatic rings. The van der Waals surface area contributed by atoms with Crippen LogP contribution in [0.15, 0.2) is 23.6 Å². The molecule has 0 radical (unpaired) electrons. The first-order chi connectivity index (χ1) is 16.6. The third kappa shape index (κ3) is 6.16. The highest BCUT2D eigenvalue weighted by atomic mass is 32.1. The van der Waals surface area contributed by atoms with Crippen LogP contribution in [0, 0.1) is 5.92 Å². The summed E-state index contributed by atoms with van der Waals surface area (Å²) in [5.41, 5.74) is 3.00. The molecule has 34 heavy (non-hydrogen) atoms. The number of carbonyl (C=O) groups is 2. The maximum Gasteiger partial charge on any atom is 0.323 e. The molecule has 4 rings (SSSR count). The summed E-state index contributed by atoms with van der Waals surface area (Å²) in [5, 5.41) is 5.49. The summed E-state index contributed by atoms with van der Waals surface area (Å²) in [7, 11) is 1.66. The number of rotatable bonds is 8. The van der Waals surface area contributed by atoms with Crippen molar-refractivity contribution in [2.45, 2.75) is 51.9 Å². The molecule has 2 fully saturated rings. The quantitative estimate of drug-likeness (QED) is 0.566. The van der Waals surface area contributed by atoms with E-state index in [0.29, 0.717) is 30.5 Å². The monoisotopic (exact) mass is 484 g/mol. The maximum atomic E-state index is 12.8. The van der Waals surface area contributed by atoms with Crippen molar-refractivity contribution in [1.82, 2.24) is 14.8 Å². The number of thiazole rings is 1. The van der Waals surface area contributed by atoms with E-state index in [-0.39, 0.29) is 11.9 Å². The largest absolute Gasteiger partial charge is 0.496 e. The second kappa shape index (κ2) is 11.8. The minimum Gasteiger partial charge on any atom is -0.496 e. The molecule has 0 unspecified atom stereocenters. The van der Waals surface area contributed by atoms with E-state index < -0.39 is 0 Å². The van der Waals surface area contributed by atoms with Crippen LogP contribution >= 0.6 is 11.3 Å². The number of aromatic nitrogens is 1. The van der Waals surface area contributed by atoms with E-state index in [1.165, 1.54) is 36.2 Å². The zero-order chi connectivity index (χ0) is 23.9. The summed E-state index contributed by atoms with van der Waals surface area (Å²) in [6, 6.07) is 6.06. The van der Waals surface area contributed by atoms with Gasteiger partial charge in [0.25, 0.3) is 0 Å². The molecule has 0 bridgehead atoms. The number of aryl methyl sites for hydroxylation is 1. The smallest absolute Gasteiger partial charge is 0.323 e. The molecule has 2 amide bonds. The molecule has 1 aromatic heterocycles. The molecular weight excluding hydrogens is 448 g/mol. The summed E-state index contributed by atoms with van der Waals surface area (Å²) < 4.78 is 5.53. The number of nitrogens with one attached hydrogen (secondary N) is 1. The average molecular weight is 485 g/mol. The van der Waals surface area contributed by atoms with Gasteiger partial charge in [0, 0.05) is 43.0 Å². The number of benzene rings is 1. The summed E-state index contributed by atoms with van der Waals surface area (Å²) in [4.78, 5) is 34.1. The molecular formula is C26H36N4O3S. The lowest BCUT2D eigenvalue weighted by atomic mass is 9.86. The molecule has 184 valence electrons. The highest BCUT2D eigenvalue weighted by Crippen LogP contribution is 2.33. The maximum absolute atomic E-state index is 12.8. The van der Waals surface area contributed by atoms with Gasteiger partial charge in [0.2, 0.25) is 0 Å². The Bertz CT molecular complexity index is 978. The minimum atomic E-state index is -0.133. The first kappa shape index (κ1) is 24.7. The number of ketones is 1. The SMILES string of the molecule is CCCc1ccc(OC)c(-c2csc(NC(=O)N3CCN(CC(=O)C4CCCCC4)CC3)n2)c1. The second-order valence-electron chi connectivity index (χ2n) is 9.32. The van der Waals surface area contributed by atoms with Gasteiger partial charge in [-0.05, 0) is 37.0 Å². The second-order valence-corrected chi connectivity index (χ2v) is 10.2. The molecule has 1 N–H and O–H groups in total. The van der Waals surface area contributed by atoms with Gasteiger partial charge in [-0.25, -0.2) is 9.78 Å². The number of hydrogen-bond acceptors (Lipinski definition) is 6. The Balaban J connectivity index is 1.30. The fourth-order valence-corrected chi connectivity index (χ4v) is 5.61. The lowest BCUT2D eigenvalue weighted by Gasteiger charge is -2.35. The summed E-state index contributed by atoms with van der Waals surface area (Å²) in [6.45, 7) is 5.39. The van der Waals surface area contributed by atoms with Crippen molar-refractivity contribution in [2.24, 2.45) is 5.92 Å². The van der Waals surface area contributed by atoms with Crippen LogP contribution in [-0.4, -0.2) is 66.4 Å². The highest BCUT2D eigenvalue weighted by molar-refractivity contribution is 7.14. The van der Waals surface area contributed by atoms with Crippen LogP contribution in [-0.2, 0) is 11.2 Å². The predicted octanol–water partition coefficient (Wildman–Crippen LogP) is 5.07. The van der Waals surface area contributed by atoms with Crippen LogP contribution in [0.2, 0.25) is 0 Å². The zero-order valence-corrected chi connectivity index (χ0v) is 21.2. The molecule has 8 heteroatoms. The number of anilines is 1. The Morgan fingerprint density at radius 3 is 2.62 bits per heavy atom. The van der Waals surface area contributed by atoms with Gasteiger partial charge >= 0.3 is 6.03 Å². The van der Waals surface area contributed by atoms with Gasteiger partial charge in [-0.3, -0.25) is 15.0 Å².